The number of nitrogens with zero attached hydrogens (tertiary/aromatic N) is 3. The number of amides is 1. The molecule has 0 saturated carbocycles. The highest BCUT2D eigenvalue weighted by Gasteiger charge is 2.14. The van der Waals surface area contributed by atoms with Crippen LogP contribution in [-0.4, -0.2) is 20.4 Å². The molecular weight excluding hydrogens is 320 g/mol. The fourth-order valence-electron chi connectivity index (χ4n) is 2.63. The molecule has 1 aromatic carbocycles. The number of aromatic nitrogens is 3. The molecule has 3 aromatic heterocycles. The van der Waals surface area contributed by atoms with Crippen molar-refractivity contribution in [2.75, 3.05) is 5.32 Å². The smallest absolute Gasteiger partial charge is 0.258 e. The fraction of sp³-hybridized carbons (Fsp3) is 0.0556. The second-order valence-electron chi connectivity index (χ2n) is 5.37. The Kier molecular flexibility index (Phi) is 3.59. The summed E-state index contributed by atoms with van der Waals surface area (Å²) in [5.74, 6) is -0.159. The highest BCUT2D eigenvalue weighted by atomic mass is 32.1. The Hall–Kier alpha value is -2.99. The molecule has 0 aliphatic carbocycles. The van der Waals surface area contributed by atoms with Crippen molar-refractivity contribution in [2.24, 2.45) is 7.05 Å². The molecule has 4 rings (SSSR count). The van der Waals surface area contributed by atoms with Gasteiger partial charge in [-0.2, -0.15) is 0 Å². The molecule has 0 spiro atoms. The van der Waals surface area contributed by atoms with E-state index >= 15 is 0 Å². The number of carbonyl (C=O) groups excluding carboxylic acids is 1. The van der Waals surface area contributed by atoms with Gasteiger partial charge in [0.1, 0.15) is 5.69 Å². The zero-order chi connectivity index (χ0) is 16.5. The Balaban J connectivity index is 1.61. The minimum Gasteiger partial charge on any atom is -0.351 e. The van der Waals surface area contributed by atoms with Crippen LogP contribution in [0.15, 0.2) is 60.2 Å². The Morgan fingerprint density at radius 1 is 1.12 bits per heavy atom. The summed E-state index contributed by atoms with van der Waals surface area (Å²) in [5.41, 5.74) is 3.21. The Morgan fingerprint density at radius 3 is 2.88 bits per heavy atom. The van der Waals surface area contributed by atoms with Gasteiger partial charge < -0.3 is 4.57 Å². The predicted octanol–water partition coefficient (Wildman–Crippen LogP) is 3.95. The number of pyridine rings is 1. The van der Waals surface area contributed by atoms with Crippen LogP contribution in [0.25, 0.3) is 22.3 Å². The predicted molar refractivity (Wildman–Crippen MR) is 96.2 cm³/mol. The molecule has 5 nitrogen and oxygen atoms in total. The van der Waals surface area contributed by atoms with Crippen molar-refractivity contribution in [1.29, 1.82) is 0 Å². The van der Waals surface area contributed by atoms with Crippen molar-refractivity contribution in [3.05, 3.63) is 65.8 Å². The summed E-state index contributed by atoms with van der Waals surface area (Å²) in [6.07, 6.45) is 3.67. The molecule has 24 heavy (non-hydrogen) atoms. The molecule has 0 aliphatic rings. The number of rotatable bonds is 3. The molecule has 6 heteroatoms. The Morgan fingerprint density at radius 2 is 2.04 bits per heavy atom. The lowest BCUT2D eigenvalue weighted by atomic mass is 10.1. The van der Waals surface area contributed by atoms with Gasteiger partial charge in [0, 0.05) is 41.3 Å². The number of hydrogen-bond acceptors (Lipinski definition) is 4. The maximum absolute atomic E-state index is 12.6. The van der Waals surface area contributed by atoms with Gasteiger partial charge in [0.25, 0.3) is 5.91 Å². The maximum Gasteiger partial charge on any atom is 0.258 e. The molecule has 0 bridgehead atoms. The van der Waals surface area contributed by atoms with E-state index in [2.05, 4.69) is 15.3 Å². The van der Waals surface area contributed by atoms with Gasteiger partial charge in [-0.25, -0.2) is 4.98 Å². The van der Waals surface area contributed by atoms with Gasteiger partial charge in [-0.3, -0.25) is 15.1 Å². The first-order chi connectivity index (χ1) is 11.7. The lowest BCUT2D eigenvalue weighted by molar-refractivity contribution is 0.102. The minimum atomic E-state index is -0.159. The van der Waals surface area contributed by atoms with Gasteiger partial charge in [-0.15, -0.1) is 11.3 Å². The molecule has 0 saturated heterocycles. The quantitative estimate of drug-likeness (QED) is 0.617. The van der Waals surface area contributed by atoms with E-state index in [4.69, 9.17) is 0 Å². The van der Waals surface area contributed by atoms with Crippen molar-refractivity contribution in [2.45, 2.75) is 0 Å². The summed E-state index contributed by atoms with van der Waals surface area (Å²) in [6.45, 7) is 0. The van der Waals surface area contributed by atoms with E-state index < -0.39 is 0 Å². The molecule has 0 unspecified atom stereocenters. The van der Waals surface area contributed by atoms with Crippen LogP contribution in [0, 0.1) is 0 Å². The molecule has 0 aliphatic heterocycles. The van der Waals surface area contributed by atoms with Gasteiger partial charge in [0.15, 0.2) is 5.13 Å². The number of carbonyl (C=O) groups is 1. The number of anilines is 1. The van der Waals surface area contributed by atoms with E-state index in [1.807, 2.05) is 65.7 Å². The molecule has 4 aromatic rings. The normalized spacial score (nSPS) is 10.9. The molecule has 0 atom stereocenters. The molecule has 1 N–H and O–H groups in total. The van der Waals surface area contributed by atoms with Gasteiger partial charge in [0.2, 0.25) is 0 Å². The molecular formula is C18H14N4OS. The van der Waals surface area contributed by atoms with E-state index in [9.17, 15) is 4.79 Å². The molecule has 0 radical (unpaired) electrons. The van der Waals surface area contributed by atoms with Crippen molar-refractivity contribution < 1.29 is 4.79 Å². The third-order valence-corrected chi connectivity index (χ3v) is 4.58. The molecule has 3 heterocycles. The average molecular weight is 334 g/mol. The zero-order valence-corrected chi connectivity index (χ0v) is 13.7. The van der Waals surface area contributed by atoms with Crippen molar-refractivity contribution in [3.8, 4) is 11.4 Å². The molecule has 1 amide bonds. The fourth-order valence-corrected chi connectivity index (χ4v) is 3.33. The molecule has 118 valence electrons. The number of benzene rings is 1. The number of nitrogens with one attached hydrogen (secondary N) is 1. The minimum absolute atomic E-state index is 0.159. The number of aryl methyl sites for hydroxylation is 1. The lowest BCUT2D eigenvalue weighted by Crippen LogP contribution is -2.12. The standard InChI is InChI=1S/C18H14N4OS/c1-22-10-8-12-13(5-4-7-16(12)22)17(23)21-18-20-15(11-24-18)14-6-2-3-9-19-14/h2-11H,1H3,(H,20,21,23). The summed E-state index contributed by atoms with van der Waals surface area (Å²) in [6, 6.07) is 13.3. The van der Waals surface area contributed by atoms with Gasteiger partial charge in [0.05, 0.1) is 5.69 Å². The summed E-state index contributed by atoms with van der Waals surface area (Å²) in [7, 11) is 1.96. The van der Waals surface area contributed by atoms with Crippen LogP contribution in [0.2, 0.25) is 0 Å². The van der Waals surface area contributed by atoms with E-state index in [-0.39, 0.29) is 5.91 Å². The number of fused-ring (bicyclic) bond motifs is 1. The van der Waals surface area contributed by atoms with Gasteiger partial charge in [-0.05, 0) is 30.3 Å². The first kappa shape index (κ1) is 14.6. The van der Waals surface area contributed by atoms with Gasteiger partial charge >= 0.3 is 0 Å². The first-order valence-electron chi connectivity index (χ1n) is 7.45. The monoisotopic (exact) mass is 334 g/mol. The van der Waals surface area contributed by atoms with E-state index in [0.717, 1.165) is 22.3 Å². The highest BCUT2D eigenvalue weighted by Crippen LogP contribution is 2.25. The van der Waals surface area contributed by atoms with Crippen LogP contribution in [0.3, 0.4) is 0 Å². The SMILES string of the molecule is Cn1ccc2c(C(=O)Nc3nc(-c4ccccn4)cs3)cccc21. The summed E-state index contributed by atoms with van der Waals surface area (Å²) in [5, 5.41) is 6.26. The second kappa shape index (κ2) is 5.90. The van der Waals surface area contributed by atoms with Crippen LogP contribution in [0.1, 0.15) is 10.4 Å². The van der Waals surface area contributed by atoms with Gasteiger partial charge in [-0.1, -0.05) is 12.1 Å². The third kappa shape index (κ3) is 2.57. The molecule has 0 fully saturated rings. The van der Waals surface area contributed by atoms with E-state index in [1.54, 1.807) is 6.20 Å². The van der Waals surface area contributed by atoms with Crippen LogP contribution >= 0.6 is 11.3 Å². The second-order valence-corrected chi connectivity index (χ2v) is 6.23. The third-order valence-electron chi connectivity index (χ3n) is 3.82. The Labute approximate surface area is 142 Å². The van der Waals surface area contributed by atoms with Crippen LogP contribution < -0.4 is 5.32 Å². The number of hydrogen-bond donors (Lipinski definition) is 1. The summed E-state index contributed by atoms with van der Waals surface area (Å²) in [4.78, 5) is 21.3. The van der Waals surface area contributed by atoms with E-state index in [1.165, 1.54) is 11.3 Å². The highest BCUT2D eigenvalue weighted by molar-refractivity contribution is 7.14. The summed E-state index contributed by atoms with van der Waals surface area (Å²) >= 11 is 1.39. The summed E-state index contributed by atoms with van der Waals surface area (Å²) < 4.78 is 1.99. The Bertz CT molecular complexity index is 1020. The number of thiazole rings is 1. The van der Waals surface area contributed by atoms with Crippen molar-refractivity contribution >= 4 is 33.3 Å². The maximum atomic E-state index is 12.6. The van der Waals surface area contributed by atoms with Crippen molar-refractivity contribution in [1.82, 2.24) is 14.5 Å². The lowest BCUT2D eigenvalue weighted by Gasteiger charge is -2.04. The van der Waals surface area contributed by atoms with Crippen LogP contribution in [0.4, 0.5) is 5.13 Å². The van der Waals surface area contributed by atoms with E-state index in [0.29, 0.717) is 10.7 Å². The first-order valence-corrected chi connectivity index (χ1v) is 8.33. The van der Waals surface area contributed by atoms with Crippen LogP contribution in [-0.2, 0) is 7.05 Å². The topological polar surface area (TPSA) is 59.8 Å². The zero-order valence-electron chi connectivity index (χ0n) is 12.9. The van der Waals surface area contributed by atoms with Crippen LogP contribution in [0.5, 0.6) is 0 Å². The largest absolute Gasteiger partial charge is 0.351 e. The average Bonchev–Trinajstić information content (AvgIpc) is 3.23. The van der Waals surface area contributed by atoms with Crippen molar-refractivity contribution in [3.63, 3.8) is 0 Å².